The second-order valence-corrected chi connectivity index (χ2v) is 4.61. The highest BCUT2D eigenvalue weighted by Gasteiger charge is 2.11. The Labute approximate surface area is 114 Å². The van der Waals surface area contributed by atoms with Gasteiger partial charge in [0.2, 0.25) is 0 Å². The zero-order valence-corrected chi connectivity index (χ0v) is 11.9. The van der Waals surface area contributed by atoms with Gasteiger partial charge < -0.3 is 14.4 Å². The van der Waals surface area contributed by atoms with Gasteiger partial charge >= 0.3 is 0 Å². The van der Waals surface area contributed by atoms with E-state index in [1.165, 1.54) is 5.56 Å². The summed E-state index contributed by atoms with van der Waals surface area (Å²) < 4.78 is 7.16. The normalized spacial score (nSPS) is 11.4. The Balaban J connectivity index is 2.46. The minimum atomic E-state index is 0.00107. The molecule has 0 spiro atoms. The van der Waals surface area contributed by atoms with Crippen LogP contribution in [-0.2, 0) is 13.3 Å². The van der Waals surface area contributed by atoms with E-state index in [0.29, 0.717) is 0 Å². The highest BCUT2D eigenvalue weighted by Crippen LogP contribution is 2.26. The highest BCUT2D eigenvalue weighted by molar-refractivity contribution is 5.85. The summed E-state index contributed by atoms with van der Waals surface area (Å²) in [7, 11) is 1.67. The molecule has 0 saturated carbocycles. The Kier molecular flexibility index (Phi) is 4.45. The van der Waals surface area contributed by atoms with Gasteiger partial charge in [-0.05, 0) is 36.9 Å². The van der Waals surface area contributed by atoms with Gasteiger partial charge in [-0.25, -0.2) is 0 Å². The zero-order valence-electron chi connectivity index (χ0n) is 11.9. The minimum Gasteiger partial charge on any atom is -0.497 e. The molecule has 1 heterocycles. The summed E-state index contributed by atoms with van der Waals surface area (Å²) in [6, 6.07) is 5.96. The first-order valence-electron chi connectivity index (χ1n) is 6.72. The van der Waals surface area contributed by atoms with Gasteiger partial charge in [0.25, 0.3) is 0 Å². The van der Waals surface area contributed by atoms with Crippen molar-refractivity contribution >= 4 is 10.9 Å². The van der Waals surface area contributed by atoms with Crippen LogP contribution in [0, 0.1) is 0 Å². The number of aromatic nitrogens is 1. The van der Waals surface area contributed by atoms with Gasteiger partial charge in [-0.1, -0.05) is 13.8 Å². The van der Waals surface area contributed by atoms with Crippen molar-refractivity contribution in [2.45, 2.75) is 27.1 Å². The van der Waals surface area contributed by atoms with Crippen LogP contribution in [0.3, 0.4) is 0 Å². The monoisotopic (exact) mass is 262 g/mol. The van der Waals surface area contributed by atoms with Crippen molar-refractivity contribution in [3.8, 4) is 5.75 Å². The fourth-order valence-corrected chi connectivity index (χ4v) is 2.41. The molecule has 4 heteroatoms. The molecule has 4 nitrogen and oxygen atoms in total. The number of hydrogen-bond donors (Lipinski definition) is 1. The van der Waals surface area contributed by atoms with E-state index in [2.05, 4.69) is 18.7 Å². The predicted octanol–water partition coefficient (Wildman–Crippen LogP) is 2.44. The van der Waals surface area contributed by atoms with Crippen LogP contribution in [-0.4, -0.2) is 34.8 Å². The second-order valence-electron chi connectivity index (χ2n) is 4.61. The number of nitrogens with zero attached hydrogens (tertiary/aromatic N) is 2. The zero-order chi connectivity index (χ0) is 13.8. The maximum atomic E-state index is 9.44. The van der Waals surface area contributed by atoms with Crippen LogP contribution in [0.25, 0.3) is 10.9 Å². The van der Waals surface area contributed by atoms with Crippen molar-refractivity contribution < 1.29 is 9.84 Å². The third-order valence-corrected chi connectivity index (χ3v) is 3.61. The van der Waals surface area contributed by atoms with E-state index >= 15 is 0 Å². The van der Waals surface area contributed by atoms with Gasteiger partial charge in [0.1, 0.15) is 12.5 Å². The lowest BCUT2D eigenvalue weighted by Crippen LogP contribution is -2.21. The fraction of sp³-hybridized carbons (Fsp3) is 0.467. The van der Waals surface area contributed by atoms with E-state index < -0.39 is 0 Å². The van der Waals surface area contributed by atoms with Crippen molar-refractivity contribution in [2.24, 2.45) is 0 Å². The summed E-state index contributed by atoms with van der Waals surface area (Å²) >= 11 is 0. The molecule has 0 fully saturated rings. The predicted molar refractivity (Wildman–Crippen MR) is 77.3 cm³/mol. The molecule has 1 aromatic heterocycles. The highest BCUT2D eigenvalue weighted by atomic mass is 16.5. The van der Waals surface area contributed by atoms with Crippen molar-refractivity contribution in [1.82, 2.24) is 9.47 Å². The second kappa shape index (κ2) is 6.08. The van der Waals surface area contributed by atoms with Crippen LogP contribution in [0.5, 0.6) is 5.75 Å². The molecule has 0 amide bonds. The third kappa shape index (κ3) is 2.74. The molecule has 104 valence electrons. The molecule has 0 aliphatic heterocycles. The first-order chi connectivity index (χ1) is 9.23. The summed E-state index contributed by atoms with van der Waals surface area (Å²) in [5.41, 5.74) is 2.28. The van der Waals surface area contributed by atoms with E-state index in [0.717, 1.165) is 36.3 Å². The third-order valence-electron chi connectivity index (χ3n) is 3.61. The topological polar surface area (TPSA) is 37.6 Å². The van der Waals surface area contributed by atoms with Crippen LogP contribution < -0.4 is 4.74 Å². The maximum Gasteiger partial charge on any atom is 0.119 e. The smallest absolute Gasteiger partial charge is 0.119 e. The molecule has 0 saturated heterocycles. The van der Waals surface area contributed by atoms with Crippen molar-refractivity contribution in [3.05, 3.63) is 30.0 Å². The number of aliphatic hydroxyl groups is 1. The van der Waals surface area contributed by atoms with Gasteiger partial charge in [-0.15, -0.1) is 0 Å². The first kappa shape index (κ1) is 13.9. The Morgan fingerprint density at radius 3 is 2.58 bits per heavy atom. The largest absolute Gasteiger partial charge is 0.497 e. The Hall–Kier alpha value is -1.52. The minimum absolute atomic E-state index is 0.00107. The first-order valence-corrected chi connectivity index (χ1v) is 6.72. The van der Waals surface area contributed by atoms with E-state index in [-0.39, 0.29) is 6.73 Å². The van der Waals surface area contributed by atoms with Crippen LogP contribution in [0.2, 0.25) is 0 Å². The molecule has 19 heavy (non-hydrogen) atoms. The summed E-state index contributed by atoms with van der Waals surface area (Å²) in [5.74, 6) is 0.851. The molecule has 0 bridgehead atoms. The molecule has 0 aliphatic carbocycles. The quantitative estimate of drug-likeness (QED) is 0.869. The van der Waals surface area contributed by atoms with Crippen LogP contribution in [0.1, 0.15) is 19.4 Å². The number of ether oxygens (including phenoxy) is 1. The number of rotatable bonds is 6. The van der Waals surface area contributed by atoms with Gasteiger partial charge in [-0.2, -0.15) is 0 Å². The van der Waals surface area contributed by atoms with E-state index in [9.17, 15) is 5.11 Å². The molecule has 0 radical (unpaired) electrons. The standard InChI is InChI=1S/C15H22N2O2/c1-4-16(5-2)9-12-10-17(11-18)15-7-6-13(19-3)8-14(12)15/h6-8,10,18H,4-5,9,11H2,1-3H3. The number of fused-ring (bicyclic) bond motifs is 1. The lowest BCUT2D eigenvalue weighted by Gasteiger charge is -2.17. The Morgan fingerprint density at radius 2 is 2.00 bits per heavy atom. The van der Waals surface area contributed by atoms with E-state index in [1.807, 2.05) is 29.0 Å². The molecular formula is C15H22N2O2. The van der Waals surface area contributed by atoms with Crippen LogP contribution in [0.4, 0.5) is 0 Å². The fourth-order valence-electron chi connectivity index (χ4n) is 2.41. The van der Waals surface area contributed by atoms with Gasteiger partial charge in [0.15, 0.2) is 0 Å². The number of methoxy groups -OCH3 is 1. The molecule has 0 atom stereocenters. The van der Waals surface area contributed by atoms with Crippen LogP contribution in [0.15, 0.2) is 24.4 Å². The van der Waals surface area contributed by atoms with E-state index in [4.69, 9.17) is 4.74 Å². The maximum absolute atomic E-state index is 9.44. The van der Waals surface area contributed by atoms with Gasteiger partial charge in [0.05, 0.1) is 12.6 Å². The lowest BCUT2D eigenvalue weighted by atomic mass is 10.1. The average molecular weight is 262 g/mol. The van der Waals surface area contributed by atoms with Crippen molar-refractivity contribution in [3.63, 3.8) is 0 Å². The molecule has 1 aromatic carbocycles. The average Bonchev–Trinajstić information content (AvgIpc) is 2.81. The Bertz CT molecular complexity index is 544. The number of benzene rings is 1. The molecule has 0 aliphatic rings. The van der Waals surface area contributed by atoms with Crippen molar-refractivity contribution in [1.29, 1.82) is 0 Å². The van der Waals surface area contributed by atoms with E-state index in [1.54, 1.807) is 7.11 Å². The lowest BCUT2D eigenvalue weighted by molar-refractivity contribution is 0.215. The number of hydrogen-bond acceptors (Lipinski definition) is 3. The Morgan fingerprint density at radius 1 is 1.26 bits per heavy atom. The summed E-state index contributed by atoms with van der Waals surface area (Å²) in [4.78, 5) is 2.36. The molecule has 1 N–H and O–H groups in total. The van der Waals surface area contributed by atoms with Gasteiger partial charge in [0, 0.05) is 18.1 Å². The van der Waals surface area contributed by atoms with Gasteiger partial charge in [-0.3, -0.25) is 4.90 Å². The summed E-state index contributed by atoms with van der Waals surface area (Å²) in [6.45, 7) is 7.26. The molecular weight excluding hydrogens is 240 g/mol. The molecule has 2 aromatic rings. The molecule has 0 unspecified atom stereocenters. The SMILES string of the molecule is CCN(CC)Cc1cn(CO)c2ccc(OC)cc12. The summed E-state index contributed by atoms with van der Waals surface area (Å²) in [5, 5.41) is 10.6. The van der Waals surface area contributed by atoms with Crippen LogP contribution >= 0.6 is 0 Å². The summed E-state index contributed by atoms with van der Waals surface area (Å²) in [6.07, 6.45) is 2.03. The molecule has 2 rings (SSSR count). The number of aliphatic hydroxyl groups excluding tert-OH is 1. The van der Waals surface area contributed by atoms with Crippen molar-refractivity contribution in [2.75, 3.05) is 20.2 Å².